The van der Waals surface area contributed by atoms with Crippen LogP contribution in [-0.4, -0.2) is 14.2 Å². The zero-order valence-electron chi connectivity index (χ0n) is 8.28. The van der Waals surface area contributed by atoms with E-state index >= 15 is 0 Å². The van der Waals surface area contributed by atoms with Crippen LogP contribution in [0.4, 0.5) is 4.39 Å². The van der Waals surface area contributed by atoms with Gasteiger partial charge in [-0.25, -0.2) is 12.8 Å². The number of nitriles is 1. The molecule has 1 rings (SSSR count). The van der Waals surface area contributed by atoms with E-state index < -0.39 is 21.4 Å². The molecule has 0 N–H and O–H groups in total. The van der Waals surface area contributed by atoms with Crippen LogP contribution in [0.3, 0.4) is 0 Å². The lowest BCUT2D eigenvalue weighted by atomic mass is 10.2. The first-order valence-corrected chi connectivity index (χ1v) is 6.66. The molecule has 86 valence electrons. The third-order valence-electron chi connectivity index (χ3n) is 1.95. The van der Waals surface area contributed by atoms with E-state index in [1.807, 2.05) is 0 Å². The summed E-state index contributed by atoms with van der Waals surface area (Å²) in [5.74, 6) is -1.40. The molecule has 0 bridgehead atoms. The first-order valence-electron chi connectivity index (χ1n) is 4.46. The Hall–Kier alpha value is -1.12. The second kappa shape index (κ2) is 5.28. The Morgan fingerprint density at radius 2 is 2.12 bits per heavy atom. The minimum absolute atomic E-state index is 0.0397. The van der Waals surface area contributed by atoms with Crippen molar-refractivity contribution < 1.29 is 12.8 Å². The molecule has 0 amide bonds. The van der Waals surface area contributed by atoms with Crippen LogP contribution in [0.1, 0.15) is 12.0 Å². The van der Waals surface area contributed by atoms with Gasteiger partial charge in [0.15, 0.2) is 9.84 Å². The largest absolute Gasteiger partial charge is 0.228 e. The Bertz CT molecular complexity index is 502. The third-order valence-corrected chi connectivity index (χ3v) is 3.86. The number of rotatable bonds is 4. The van der Waals surface area contributed by atoms with Crippen LogP contribution in [0.15, 0.2) is 18.2 Å². The SMILES string of the molecule is N#CCCS(=O)(=O)Cc1c(F)cccc1Cl. The quantitative estimate of drug-likeness (QED) is 0.836. The van der Waals surface area contributed by atoms with Gasteiger partial charge in [0, 0.05) is 17.0 Å². The number of hydrogen-bond acceptors (Lipinski definition) is 3. The van der Waals surface area contributed by atoms with Crippen LogP contribution in [0.5, 0.6) is 0 Å². The predicted octanol–water partition coefficient (Wildman–Crippen LogP) is 2.31. The molecule has 0 heterocycles. The zero-order chi connectivity index (χ0) is 12.2. The van der Waals surface area contributed by atoms with Gasteiger partial charge in [0.25, 0.3) is 0 Å². The summed E-state index contributed by atoms with van der Waals surface area (Å²) in [4.78, 5) is 0. The Labute approximate surface area is 98.4 Å². The molecule has 1 aromatic carbocycles. The van der Waals surface area contributed by atoms with E-state index in [0.717, 1.165) is 6.07 Å². The molecule has 0 aromatic heterocycles. The molecule has 3 nitrogen and oxygen atoms in total. The summed E-state index contributed by atoms with van der Waals surface area (Å²) in [6.07, 6.45) is -0.103. The van der Waals surface area contributed by atoms with Gasteiger partial charge in [0.2, 0.25) is 0 Å². The molecule has 0 aliphatic carbocycles. The Morgan fingerprint density at radius 3 is 2.69 bits per heavy atom. The highest BCUT2D eigenvalue weighted by molar-refractivity contribution is 7.90. The summed E-state index contributed by atoms with van der Waals surface area (Å²) >= 11 is 5.70. The summed E-state index contributed by atoms with van der Waals surface area (Å²) < 4.78 is 36.3. The Kier molecular flexibility index (Phi) is 4.27. The molecule has 0 fully saturated rings. The summed E-state index contributed by atoms with van der Waals surface area (Å²) in [7, 11) is -3.49. The molecule has 6 heteroatoms. The average molecular weight is 262 g/mol. The molecule has 0 saturated carbocycles. The van der Waals surface area contributed by atoms with Crippen LogP contribution in [-0.2, 0) is 15.6 Å². The highest BCUT2D eigenvalue weighted by Gasteiger charge is 2.16. The fourth-order valence-electron chi connectivity index (χ4n) is 1.16. The van der Waals surface area contributed by atoms with E-state index in [4.69, 9.17) is 16.9 Å². The Balaban J connectivity index is 2.93. The maximum Gasteiger partial charge on any atom is 0.155 e. The van der Waals surface area contributed by atoms with Gasteiger partial charge in [-0.1, -0.05) is 17.7 Å². The molecule has 1 aromatic rings. The van der Waals surface area contributed by atoms with Gasteiger partial charge in [-0.2, -0.15) is 5.26 Å². The summed E-state index contributed by atoms with van der Waals surface area (Å²) in [5, 5.41) is 8.37. The predicted molar refractivity (Wildman–Crippen MR) is 59.1 cm³/mol. The van der Waals surface area contributed by atoms with Crippen molar-refractivity contribution in [1.29, 1.82) is 5.26 Å². The van der Waals surface area contributed by atoms with Crippen molar-refractivity contribution in [2.24, 2.45) is 0 Å². The van der Waals surface area contributed by atoms with E-state index in [-0.39, 0.29) is 22.8 Å². The minimum Gasteiger partial charge on any atom is -0.228 e. The van der Waals surface area contributed by atoms with Gasteiger partial charge in [0.05, 0.1) is 17.6 Å². The minimum atomic E-state index is -3.49. The fraction of sp³-hybridized carbons (Fsp3) is 0.300. The van der Waals surface area contributed by atoms with Gasteiger partial charge < -0.3 is 0 Å². The smallest absolute Gasteiger partial charge is 0.155 e. The molecule has 0 unspecified atom stereocenters. The van der Waals surface area contributed by atoms with Crippen molar-refractivity contribution in [3.8, 4) is 6.07 Å². The molecule has 0 aliphatic heterocycles. The molecule has 16 heavy (non-hydrogen) atoms. The third kappa shape index (κ3) is 3.47. The van der Waals surface area contributed by atoms with Gasteiger partial charge in [-0.3, -0.25) is 0 Å². The van der Waals surface area contributed by atoms with Crippen molar-refractivity contribution in [2.75, 3.05) is 5.75 Å². The lowest BCUT2D eigenvalue weighted by molar-refractivity contribution is 0.587. The van der Waals surface area contributed by atoms with Gasteiger partial charge >= 0.3 is 0 Å². The number of benzene rings is 1. The Morgan fingerprint density at radius 1 is 1.44 bits per heavy atom. The van der Waals surface area contributed by atoms with Crippen molar-refractivity contribution in [3.63, 3.8) is 0 Å². The summed E-state index contributed by atoms with van der Waals surface area (Å²) in [6, 6.07) is 5.72. The summed E-state index contributed by atoms with van der Waals surface area (Å²) in [5.41, 5.74) is -0.0397. The van der Waals surface area contributed by atoms with E-state index in [2.05, 4.69) is 0 Å². The maximum absolute atomic E-state index is 13.3. The second-order valence-corrected chi connectivity index (χ2v) is 5.79. The fourth-order valence-corrected chi connectivity index (χ4v) is 2.75. The highest BCUT2D eigenvalue weighted by Crippen LogP contribution is 2.21. The average Bonchev–Trinajstić information content (AvgIpc) is 2.21. The highest BCUT2D eigenvalue weighted by atomic mass is 35.5. The lowest BCUT2D eigenvalue weighted by Gasteiger charge is -2.05. The number of sulfone groups is 1. The topological polar surface area (TPSA) is 57.9 Å². The maximum atomic E-state index is 13.3. The van der Waals surface area contributed by atoms with Crippen molar-refractivity contribution >= 4 is 21.4 Å². The van der Waals surface area contributed by atoms with Gasteiger partial charge in [-0.15, -0.1) is 0 Å². The van der Waals surface area contributed by atoms with Crippen molar-refractivity contribution in [2.45, 2.75) is 12.2 Å². The molecular weight excluding hydrogens is 253 g/mol. The lowest BCUT2D eigenvalue weighted by Crippen LogP contribution is -2.10. The number of halogens is 2. The van der Waals surface area contributed by atoms with Crippen LogP contribution in [0.25, 0.3) is 0 Å². The molecule has 0 spiro atoms. The first kappa shape index (κ1) is 12.9. The molecule has 0 radical (unpaired) electrons. The van der Waals surface area contributed by atoms with Crippen LogP contribution in [0, 0.1) is 17.1 Å². The van der Waals surface area contributed by atoms with Crippen molar-refractivity contribution in [1.82, 2.24) is 0 Å². The van der Waals surface area contributed by atoms with Gasteiger partial charge in [0.1, 0.15) is 5.82 Å². The summed E-state index contributed by atoms with van der Waals surface area (Å²) in [6.45, 7) is 0. The molecular formula is C10H9ClFNO2S. The van der Waals surface area contributed by atoms with E-state index in [9.17, 15) is 12.8 Å². The monoisotopic (exact) mass is 261 g/mol. The number of nitrogens with zero attached hydrogens (tertiary/aromatic N) is 1. The van der Waals surface area contributed by atoms with E-state index in [0.29, 0.717) is 0 Å². The van der Waals surface area contributed by atoms with Crippen LogP contribution < -0.4 is 0 Å². The van der Waals surface area contributed by atoms with Crippen LogP contribution in [0.2, 0.25) is 5.02 Å². The normalized spacial score (nSPS) is 11.1. The molecule has 0 aliphatic rings. The second-order valence-electron chi connectivity index (χ2n) is 3.20. The molecule has 0 atom stereocenters. The van der Waals surface area contributed by atoms with Crippen LogP contribution >= 0.6 is 11.6 Å². The zero-order valence-corrected chi connectivity index (χ0v) is 9.85. The standard InChI is InChI=1S/C10H9ClFNO2S/c11-9-3-1-4-10(12)8(9)7-16(14,15)6-2-5-13/h1,3-4H,2,6-7H2. The number of hydrogen-bond donors (Lipinski definition) is 0. The van der Waals surface area contributed by atoms with Gasteiger partial charge in [-0.05, 0) is 12.1 Å². The molecule has 0 saturated heterocycles. The van der Waals surface area contributed by atoms with E-state index in [1.165, 1.54) is 12.1 Å². The first-order chi connectivity index (χ1) is 7.46. The van der Waals surface area contributed by atoms with Crippen molar-refractivity contribution in [3.05, 3.63) is 34.6 Å². The van der Waals surface area contributed by atoms with E-state index in [1.54, 1.807) is 6.07 Å².